The fourth-order valence-corrected chi connectivity index (χ4v) is 2.23. The summed E-state index contributed by atoms with van der Waals surface area (Å²) in [5.41, 5.74) is 1.21. The van der Waals surface area contributed by atoms with Crippen LogP contribution >= 0.6 is 15.9 Å². The molecule has 1 aromatic rings. The van der Waals surface area contributed by atoms with Gasteiger partial charge in [0, 0.05) is 4.83 Å². The van der Waals surface area contributed by atoms with Crippen LogP contribution < -0.4 is 0 Å². The molecule has 3 heteroatoms. The summed E-state index contributed by atoms with van der Waals surface area (Å²) in [6, 6.07) is 10.2. The SMILES string of the molecule is Br[C@H]1CO[C@@H](COCc2ccccc2)C1. The summed E-state index contributed by atoms with van der Waals surface area (Å²) in [6.07, 6.45) is 1.31. The normalized spacial score (nSPS) is 25.7. The van der Waals surface area contributed by atoms with Crippen molar-refractivity contribution in [2.75, 3.05) is 13.2 Å². The topological polar surface area (TPSA) is 18.5 Å². The van der Waals surface area contributed by atoms with Crippen LogP contribution in [-0.2, 0) is 16.1 Å². The first-order chi connectivity index (χ1) is 7.34. The van der Waals surface area contributed by atoms with Crippen molar-refractivity contribution >= 4 is 15.9 Å². The molecule has 0 bridgehead atoms. The number of hydrogen-bond donors (Lipinski definition) is 0. The molecule has 0 unspecified atom stereocenters. The first kappa shape index (κ1) is 11.1. The third-order valence-corrected chi connectivity index (χ3v) is 3.08. The fourth-order valence-electron chi connectivity index (χ4n) is 1.66. The second-order valence-corrected chi connectivity index (χ2v) is 5.08. The van der Waals surface area contributed by atoms with Crippen LogP contribution in [0.25, 0.3) is 0 Å². The lowest BCUT2D eigenvalue weighted by atomic mass is 10.2. The van der Waals surface area contributed by atoms with Crippen molar-refractivity contribution in [3.63, 3.8) is 0 Å². The van der Waals surface area contributed by atoms with Crippen LogP contribution in [-0.4, -0.2) is 24.1 Å². The van der Waals surface area contributed by atoms with Crippen LogP contribution in [0, 0.1) is 0 Å². The summed E-state index contributed by atoms with van der Waals surface area (Å²) in [4.78, 5) is 0.503. The molecule has 0 spiro atoms. The van der Waals surface area contributed by atoms with E-state index in [1.54, 1.807) is 0 Å². The second-order valence-electron chi connectivity index (χ2n) is 3.79. The summed E-state index contributed by atoms with van der Waals surface area (Å²) < 4.78 is 11.1. The maximum atomic E-state index is 5.61. The zero-order valence-electron chi connectivity index (χ0n) is 8.56. The molecule has 2 nitrogen and oxygen atoms in total. The van der Waals surface area contributed by atoms with Gasteiger partial charge in [0.2, 0.25) is 0 Å². The molecule has 15 heavy (non-hydrogen) atoms. The van der Waals surface area contributed by atoms with Crippen molar-refractivity contribution in [1.82, 2.24) is 0 Å². The molecule has 2 atom stereocenters. The average Bonchev–Trinajstić information content (AvgIpc) is 2.66. The predicted molar refractivity (Wildman–Crippen MR) is 63.2 cm³/mol. The van der Waals surface area contributed by atoms with Crippen LogP contribution in [0.4, 0.5) is 0 Å². The van der Waals surface area contributed by atoms with E-state index in [0.29, 0.717) is 18.0 Å². The minimum atomic E-state index is 0.262. The molecule has 82 valence electrons. The molecular formula is C12H15BrO2. The average molecular weight is 271 g/mol. The van der Waals surface area contributed by atoms with Crippen LogP contribution in [0.3, 0.4) is 0 Å². The highest BCUT2D eigenvalue weighted by atomic mass is 79.9. The fraction of sp³-hybridized carbons (Fsp3) is 0.500. The van der Waals surface area contributed by atoms with Crippen LogP contribution in [0.2, 0.25) is 0 Å². The molecule has 0 N–H and O–H groups in total. The summed E-state index contributed by atoms with van der Waals surface area (Å²) in [5, 5.41) is 0. The lowest BCUT2D eigenvalue weighted by molar-refractivity contribution is 0.0107. The smallest absolute Gasteiger partial charge is 0.0820 e. The second kappa shape index (κ2) is 5.64. The molecule has 0 amide bonds. The Hall–Kier alpha value is -0.380. The zero-order valence-corrected chi connectivity index (χ0v) is 10.2. The van der Waals surface area contributed by atoms with Gasteiger partial charge in [0.1, 0.15) is 0 Å². The van der Waals surface area contributed by atoms with Crippen molar-refractivity contribution in [2.45, 2.75) is 24.0 Å². The van der Waals surface area contributed by atoms with E-state index in [4.69, 9.17) is 9.47 Å². The number of hydrogen-bond acceptors (Lipinski definition) is 2. The third-order valence-electron chi connectivity index (χ3n) is 2.45. The Balaban J connectivity index is 1.67. The molecular weight excluding hydrogens is 256 g/mol. The Morgan fingerprint density at radius 3 is 2.80 bits per heavy atom. The standard InChI is InChI=1S/C12H15BrO2/c13-11-6-12(15-8-11)9-14-7-10-4-2-1-3-5-10/h1-5,11-12H,6-9H2/t11-,12-/m1/s1. The van der Waals surface area contributed by atoms with Crippen LogP contribution in [0.5, 0.6) is 0 Å². The van der Waals surface area contributed by atoms with Crippen molar-refractivity contribution in [2.24, 2.45) is 0 Å². The minimum absolute atomic E-state index is 0.262. The molecule has 1 aromatic carbocycles. The zero-order chi connectivity index (χ0) is 10.5. The van der Waals surface area contributed by atoms with Gasteiger partial charge in [0.05, 0.1) is 25.9 Å². The van der Waals surface area contributed by atoms with Gasteiger partial charge in [-0.15, -0.1) is 0 Å². The lowest BCUT2D eigenvalue weighted by Gasteiger charge is -2.09. The number of alkyl halides is 1. The minimum Gasteiger partial charge on any atom is -0.375 e. The van der Waals surface area contributed by atoms with Gasteiger partial charge in [-0.05, 0) is 12.0 Å². The quantitative estimate of drug-likeness (QED) is 0.784. The highest BCUT2D eigenvalue weighted by Crippen LogP contribution is 2.20. The first-order valence-corrected chi connectivity index (χ1v) is 6.13. The molecule has 2 rings (SSSR count). The highest BCUT2D eigenvalue weighted by molar-refractivity contribution is 9.09. The van der Waals surface area contributed by atoms with Crippen molar-refractivity contribution < 1.29 is 9.47 Å². The Morgan fingerprint density at radius 1 is 1.33 bits per heavy atom. The van der Waals surface area contributed by atoms with E-state index in [9.17, 15) is 0 Å². The van der Waals surface area contributed by atoms with Gasteiger partial charge in [-0.25, -0.2) is 0 Å². The third kappa shape index (κ3) is 3.59. The molecule has 0 saturated carbocycles. The Morgan fingerprint density at radius 2 is 2.13 bits per heavy atom. The van der Waals surface area contributed by atoms with E-state index in [2.05, 4.69) is 28.1 Å². The van der Waals surface area contributed by atoms with Gasteiger partial charge in [-0.3, -0.25) is 0 Å². The Kier molecular flexibility index (Phi) is 4.18. The van der Waals surface area contributed by atoms with Gasteiger partial charge >= 0.3 is 0 Å². The van der Waals surface area contributed by atoms with Crippen molar-refractivity contribution in [3.8, 4) is 0 Å². The molecule has 1 aliphatic heterocycles. The summed E-state index contributed by atoms with van der Waals surface area (Å²) >= 11 is 3.53. The maximum absolute atomic E-state index is 5.61. The maximum Gasteiger partial charge on any atom is 0.0820 e. The van der Waals surface area contributed by atoms with Gasteiger partial charge in [-0.2, -0.15) is 0 Å². The predicted octanol–water partition coefficient (Wildman–Crippen LogP) is 2.76. The summed E-state index contributed by atoms with van der Waals surface area (Å²) in [7, 11) is 0. The van der Waals surface area contributed by atoms with Gasteiger partial charge < -0.3 is 9.47 Å². The van der Waals surface area contributed by atoms with Crippen LogP contribution in [0.1, 0.15) is 12.0 Å². The molecule has 1 heterocycles. The number of rotatable bonds is 4. The number of ether oxygens (including phenoxy) is 2. The van der Waals surface area contributed by atoms with E-state index in [-0.39, 0.29) is 6.10 Å². The first-order valence-electron chi connectivity index (χ1n) is 5.22. The molecule has 0 radical (unpaired) electrons. The van der Waals surface area contributed by atoms with Crippen molar-refractivity contribution in [1.29, 1.82) is 0 Å². The summed E-state index contributed by atoms with van der Waals surface area (Å²) in [5.74, 6) is 0. The molecule has 0 aliphatic carbocycles. The molecule has 0 aromatic heterocycles. The lowest BCUT2D eigenvalue weighted by Crippen LogP contribution is -2.14. The van der Waals surface area contributed by atoms with E-state index in [0.717, 1.165) is 13.0 Å². The largest absolute Gasteiger partial charge is 0.375 e. The van der Waals surface area contributed by atoms with Gasteiger partial charge in [0.15, 0.2) is 0 Å². The van der Waals surface area contributed by atoms with Gasteiger partial charge in [0.25, 0.3) is 0 Å². The van der Waals surface area contributed by atoms with Gasteiger partial charge in [-0.1, -0.05) is 46.3 Å². The van der Waals surface area contributed by atoms with E-state index < -0.39 is 0 Å². The monoisotopic (exact) mass is 270 g/mol. The summed E-state index contributed by atoms with van der Waals surface area (Å²) in [6.45, 7) is 2.17. The Bertz CT molecular complexity index is 289. The van der Waals surface area contributed by atoms with Crippen LogP contribution in [0.15, 0.2) is 30.3 Å². The molecule has 1 saturated heterocycles. The molecule has 1 aliphatic rings. The van der Waals surface area contributed by atoms with Crippen molar-refractivity contribution in [3.05, 3.63) is 35.9 Å². The van der Waals surface area contributed by atoms with E-state index >= 15 is 0 Å². The number of benzene rings is 1. The van der Waals surface area contributed by atoms with E-state index in [1.807, 2.05) is 18.2 Å². The highest BCUT2D eigenvalue weighted by Gasteiger charge is 2.22. The van der Waals surface area contributed by atoms with E-state index in [1.165, 1.54) is 5.56 Å². The number of halogens is 1. The molecule has 1 fully saturated rings. The Labute approximate surface area is 98.7 Å².